The van der Waals surface area contributed by atoms with Crippen LogP contribution in [0.15, 0.2) is 48.8 Å². The van der Waals surface area contributed by atoms with Gasteiger partial charge in [0.2, 0.25) is 11.8 Å². The Kier molecular flexibility index (Phi) is 5.78. The quantitative estimate of drug-likeness (QED) is 0.675. The molecule has 3 aromatic rings. The lowest BCUT2D eigenvalue weighted by Gasteiger charge is -2.31. The third kappa shape index (κ3) is 4.58. The fraction of sp³-hybridized carbons (Fsp3) is 0.286. The third-order valence-electron chi connectivity index (χ3n) is 4.65. The van der Waals surface area contributed by atoms with E-state index in [4.69, 9.17) is 21.1 Å². The zero-order valence-corrected chi connectivity index (χ0v) is 17.1. The molecule has 1 fully saturated rings. The minimum absolute atomic E-state index is 0.157. The number of nitrogens with one attached hydrogen (secondary N) is 1. The molecule has 1 aliphatic heterocycles. The van der Waals surface area contributed by atoms with Gasteiger partial charge in [0.25, 0.3) is 0 Å². The van der Waals surface area contributed by atoms with Crippen molar-refractivity contribution in [2.45, 2.75) is 13.0 Å². The number of pyridine rings is 1. The average molecular weight is 412 g/mol. The molecular weight excluding hydrogens is 390 g/mol. The molecule has 4 rings (SSSR count). The minimum atomic E-state index is 0.157. The molecule has 7 nitrogen and oxygen atoms in total. The molecule has 0 unspecified atom stereocenters. The summed E-state index contributed by atoms with van der Waals surface area (Å²) in [7, 11) is 1.59. The van der Waals surface area contributed by atoms with Gasteiger partial charge in [-0.25, -0.2) is 9.97 Å². The van der Waals surface area contributed by atoms with Crippen molar-refractivity contribution in [3.8, 4) is 17.0 Å². The number of ether oxygens (including phenoxy) is 2. The molecule has 150 valence electrons. The summed E-state index contributed by atoms with van der Waals surface area (Å²) in [5, 5.41) is 4.01. The Labute approximate surface area is 174 Å². The summed E-state index contributed by atoms with van der Waals surface area (Å²) in [5.74, 6) is 1.83. The number of hydrogen-bond donors (Lipinski definition) is 1. The van der Waals surface area contributed by atoms with Crippen LogP contribution in [0.4, 0.5) is 17.5 Å². The lowest BCUT2D eigenvalue weighted by atomic mass is 10.1. The van der Waals surface area contributed by atoms with E-state index in [1.54, 1.807) is 19.5 Å². The molecule has 3 heterocycles. The second kappa shape index (κ2) is 8.63. The summed E-state index contributed by atoms with van der Waals surface area (Å²) in [6.45, 7) is 4.25. The van der Waals surface area contributed by atoms with Crippen LogP contribution >= 0.6 is 11.6 Å². The molecule has 1 saturated heterocycles. The zero-order chi connectivity index (χ0) is 20.2. The number of anilines is 3. The van der Waals surface area contributed by atoms with Gasteiger partial charge in [-0.05, 0) is 36.8 Å². The number of rotatable bonds is 5. The second-order valence-corrected chi connectivity index (χ2v) is 7.22. The summed E-state index contributed by atoms with van der Waals surface area (Å²) in [6.07, 6.45) is 3.67. The van der Waals surface area contributed by atoms with Crippen LogP contribution in [0.1, 0.15) is 6.92 Å². The molecular formula is C21H22ClN5O2. The highest BCUT2D eigenvalue weighted by atomic mass is 35.5. The van der Waals surface area contributed by atoms with Crippen molar-refractivity contribution in [3.63, 3.8) is 0 Å². The minimum Gasteiger partial charge on any atom is -0.480 e. The molecule has 0 amide bonds. The van der Waals surface area contributed by atoms with E-state index in [-0.39, 0.29) is 6.10 Å². The molecule has 1 atom stereocenters. The predicted octanol–water partition coefficient (Wildman–Crippen LogP) is 4.17. The molecule has 29 heavy (non-hydrogen) atoms. The Morgan fingerprint density at radius 2 is 2.00 bits per heavy atom. The SMILES string of the molecule is COc1ncc(-c2ccc(Cl)cc2)cc1Nc1ccnc(N2CCO[C@H](C)C2)n1. The highest BCUT2D eigenvalue weighted by Crippen LogP contribution is 2.31. The number of aromatic nitrogens is 3. The van der Waals surface area contributed by atoms with Crippen molar-refractivity contribution in [3.05, 3.63) is 53.8 Å². The highest BCUT2D eigenvalue weighted by Gasteiger charge is 2.19. The Bertz CT molecular complexity index is 983. The van der Waals surface area contributed by atoms with Gasteiger partial charge in [0.05, 0.1) is 19.8 Å². The lowest BCUT2D eigenvalue weighted by Crippen LogP contribution is -2.42. The van der Waals surface area contributed by atoms with Crippen molar-refractivity contribution in [2.24, 2.45) is 0 Å². The number of hydrogen-bond acceptors (Lipinski definition) is 7. The topological polar surface area (TPSA) is 72.4 Å². The largest absolute Gasteiger partial charge is 0.480 e. The van der Waals surface area contributed by atoms with E-state index in [1.807, 2.05) is 43.3 Å². The maximum absolute atomic E-state index is 6.00. The van der Waals surface area contributed by atoms with Gasteiger partial charge in [-0.3, -0.25) is 0 Å². The van der Waals surface area contributed by atoms with Crippen LogP contribution in [0, 0.1) is 0 Å². The van der Waals surface area contributed by atoms with Crippen LogP contribution in [0.3, 0.4) is 0 Å². The number of morpholine rings is 1. The molecule has 0 radical (unpaired) electrons. The van der Waals surface area contributed by atoms with Gasteiger partial charge in [-0.15, -0.1) is 0 Å². The first-order chi connectivity index (χ1) is 14.1. The fourth-order valence-corrected chi connectivity index (χ4v) is 3.34. The summed E-state index contributed by atoms with van der Waals surface area (Å²) < 4.78 is 11.0. The van der Waals surface area contributed by atoms with Gasteiger partial charge in [-0.1, -0.05) is 23.7 Å². The van der Waals surface area contributed by atoms with Crippen LogP contribution in [0.2, 0.25) is 5.02 Å². The van der Waals surface area contributed by atoms with Crippen molar-refractivity contribution < 1.29 is 9.47 Å². The van der Waals surface area contributed by atoms with E-state index in [1.165, 1.54) is 0 Å². The van der Waals surface area contributed by atoms with Crippen molar-refractivity contribution in [1.82, 2.24) is 15.0 Å². The molecule has 0 saturated carbocycles. The Morgan fingerprint density at radius 1 is 1.17 bits per heavy atom. The molecule has 1 N–H and O–H groups in total. The van der Waals surface area contributed by atoms with E-state index >= 15 is 0 Å². The standard InChI is InChI=1S/C21H22ClN5O2/c1-14-13-27(9-10-29-14)21-23-8-7-19(26-21)25-18-11-16(12-24-20(18)28-2)15-3-5-17(22)6-4-15/h3-8,11-12,14H,9-10,13H2,1-2H3,(H,23,25,26)/t14-/m1/s1. The first-order valence-electron chi connectivity index (χ1n) is 9.39. The molecule has 1 aromatic carbocycles. The van der Waals surface area contributed by atoms with Crippen LogP contribution in [0.5, 0.6) is 5.88 Å². The summed E-state index contributed by atoms with van der Waals surface area (Å²) >= 11 is 6.00. The first kappa shape index (κ1) is 19.4. The van der Waals surface area contributed by atoms with E-state index in [2.05, 4.69) is 25.2 Å². The molecule has 0 aliphatic carbocycles. The number of halogens is 1. The van der Waals surface area contributed by atoms with Gasteiger partial charge >= 0.3 is 0 Å². The van der Waals surface area contributed by atoms with Gasteiger partial charge in [0.15, 0.2) is 0 Å². The summed E-state index contributed by atoms with van der Waals surface area (Å²) in [5.41, 5.74) is 2.68. The zero-order valence-electron chi connectivity index (χ0n) is 16.3. The molecule has 2 aromatic heterocycles. The molecule has 1 aliphatic rings. The lowest BCUT2D eigenvalue weighted by molar-refractivity contribution is 0.0526. The van der Waals surface area contributed by atoms with Crippen molar-refractivity contribution in [2.75, 3.05) is 37.0 Å². The average Bonchev–Trinajstić information content (AvgIpc) is 2.74. The van der Waals surface area contributed by atoms with E-state index in [9.17, 15) is 0 Å². The van der Waals surface area contributed by atoms with Crippen LogP contribution in [-0.2, 0) is 4.74 Å². The normalized spacial score (nSPS) is 16.5. The van der Waals surface area contributed by atoms with E-state index in [0.717, 1.165) is 29.9 Å². The summed E-state index contributed by atoms with van der Waals surface area (Å²) in [4.78, 5) is 15.6. The van der Waals surface area contributed by atoms with Gasteiger partial charge < -0.3 is 19.7 Å². The van der Waals surface area contributed by atoms with Gasteiger partial charge in [0.1, 0.15) is 11.5 Å². The first-order valence-corrected chi connectivity index (χ1v) is 9.77. The molecule has 0 bridgehead atoms. The van der Waals surface area contributed by atoms with Crippen molar-refractivity contribution >= 4 is 29.1 Å². The van der Waals surface area contributed by atoms with Gasteiger partial charge in [0, 0.05) is 36.1 Å². The smallest absolute Gasteiger partial charge is 0.237 e. The monoisotopic (exact) mass is 411 g/mol. The predicted molar refractivity (Wildman–Crippen MR) is 114 cm³/mol. The van der Waals surface area contributed by atoms with Crippen LogP contribution < -0.4 is 15.0 Å². The molecule has 8 heteroatoms. The Hall–Kier alpha value is -2.90. The fourth-order valence-electron chi connectivity index (χ4n) is 3.21. The second-order valence-electron chi connectivity index (χ2n) is 6.78. The maximum Gasteiger partial charge on any atom is 0.237 e. The Balaban J connectivity index is 1.60. The maximum atomic E-state index is 6.00. The number of nitrogens with zero attached hydrogens (tertiary/aromatic N) is 4. The highest BCUT2D eigenvalue weighted by molar-refractivity contribution is 6.30. The number of methoxy groups -OCH3 is 1. The Morgan fingerprint density at radius 3 is 2.76 bits per heavy atom. The van der Waals surface area contributed by atoms with Crippen LogP contribution in [-0.4, -0.2) is 47.9 Å². The van der Waals surface area contributed by atoms with Gasteiger partial charge in [-0.2, -0.15) is 4.98 Å². The van der Waals surface area contributed by atoms with E-state index < -0.39 is 0 Å². The molecule has 0 spiro atoms. The third-order valence-corrected chi connectivity index (χ3v) is 4.90. The van der Waals surface area contributed by atoms with Crippen molar-refractivity contribution in [1.29, 1.82) is 0 Å². The summed E-state index contributed by atoms with van der Waals surface area (Å²) in [6, 6.07) is 11.4. The van der Waals surface area contributed by atoms with E-state index in [0.29, 0.717) is 29.3 Å². The van der Waals surface area contributed by atoms with Crippen LogP contribution in [0.25, 0.3) is 11.1 Å². The number of benzene rings is 1.